The molecule has 0 bridgehead atoms. The van der Waals surface area contributed by atoms with Gasteiger partial charge in [-0.15, -0.1) is 0 Å². The molecule has 1 amide bonds. The molecule has 0 aromatic carbocycles. The summed E-state index contributed by atoms with van der Waals surface area (Å²) < 4.78 is 10.3. The summed E-state index contributed by atoms with van der Waals surface area (Å²) in [5.41, 5.74) is 0.318. The predicted molar refractivity (Wildman–Crippen MR) is 52.3 cm³/mol. The van der Waals surface area contributed by atoms with E-state index in [4.69, 9.17) is 9.47 Å². The number of hydrogen-bond donors (Lipinski definition) is 1. The van der Waals surface area contributed by atoms with Crippen molar-refractivity contribution in [2.24, 2.45) is 0 Å². The number of ether oxygens (including phenoxy) is 2. The smallest absolute Gasteiger partial charge is 0.398 e. The summed E-state index contributed by atoms with van der Waals surface area (Å²) in [7, 11) is -0.649. The van der Waals surface area contributed by atoms with Crippen molar-refractivity contribution in [3.05, 3.63) is 0 Å². The van der Waals surface area contributed by atoms with Gasteiger partial charge < -0.3 is 14.5 Å². The molecule has 1 aliphatic rings. The van der Waals surface area contributed by atoms with Crippen molar-refractivity contribution in [3.63, 3.8) is 0 Å². The zero-order chi connectivity index (χ0) is 9.52. The molecule has 1 fully saturated rings. The first-order valence-electron chi connectivity index (χ1n) is 4.85. The van der Waals surface area contributed by atoms with E-state index in [0.717, 1.165) is 19.4 Å². The third-order valence-electron chi connectivity index (χ3n) is 2.02. The van der Waals surface area contributed by atoms with Gasteiger partial charge in [0.25, 0.3) is 0 Å². The third-order valence-corrected chi connectivity index (χ3v) is 3.62. The first-order chi connectivity index (χ1) is 6.33. The highest BCUT2D eigenvalue weighted by molar-refractivity contribution is 6.38. The molecular formula is C8H17NO3Si. The van der Waals surface area contributed by atoms with Crippen molar-refractivity contribution in [2.45, 2.75) is 31.9 Å². The Morgan fingerprint density at radius 1 is 1.69 bits per heavy atom. The van der Waals surface area contributed by atoms with Crippen LogP contribution in [0, 0.1) is 0 Å². The van der Waals surface area contributed by atoms with Crippen molar-refractivity contribution in [1.29, 1.82) is 0 Å². The molecule has 1 N–H and O–H groups in total. The van der Waals surface area contributed by atoms with E-state index >= 15 is 0 Å². The van der Waals surface area contributed by atoms with Gasteiger partial charge in [-0.1, -0.05) is 0 Å². The Morgan fingerprint density at radius 2 is 2.54 bits per heavy atom. The van der Waals surface area contributed by atoms with Crippen LogP contribution in [-0.4, -0.2) is 34.7 Å². The Balaban J connectivity index is 2.06. The Hall–Kier alpha value is -0.553. The lowest BCUT2D eigenvalue weighted by atomic mass is 10.2. The minimum absolute atomic E-state index is 0.289. The second kappa shape index (κ2) is 5.99. The van der Waals surface area contributed by atoms with Gasteiger partial charge in [-0.3, -0.25) is 0 Å². The van der Waals surface area contributed by atoms with Crippen LogP contribution in [0.3, 0.4) is 0 Å². The minimum Gasteiger partial charge on any atom is -0.450 e. The predicted octanol–water partition coefficient (Wildman–Crippen LogP) is 0.343. The molecular weight excluding hydrogens is 186 g/mol. The number of rotatable bonds is 3. The molecule has 13 heavy (non-hydrogen) atoms. The van der Waals surface area contributed by atoms with E-state index in [9.17, 15) is 4.79 Å². The van der Waals surface area contributed by atoms with E-state index in [1.54, 1.807) is 6.92 Å². The maximum absolute atomic E-state index is 10.9. The molecule has 0 aliphatic carbocycles. The molecule has 1 atom stereocenters. The summed E-state index contributed by atoms with van der Waals surface area (Å²) in [5.74, 6) is 0. The summed E-state index contributed by atoms with van der Waals surface area (Å²) in [4.78, 5) is 13.7. The van der Waals surface area contributed by atoms with Gasteiger partial charge in [0.05, 0.1) is 12.3 Å². The van der Waals surface area contributed by atoms with Crippen LogP contribution in [-0.2, 0) is 9.47 Å². The zero-order valence-corrected chi connectivity index (χ0v) is 9.46. The van der Waals surface area contributed by atoms with Gasteiger partial charge >= 0.3 is 6.09 Å². The molecule has 1 heterocycles. The van der Waals surface area contributed by atoms with Gasteiger partial charge in [-0.05, 0) is 26.2 Å². The fraction of sp³-hybridized carbons (Fsp3) is 0.875. The largest absolute Gasteiger partial charge is 0.450 e. The van der Waals surface area contributed by atoms with E-state index in [1.807, 2.05) is 0 Å². The second-order valence-electron chi connectivity index (χ2n) is 3.09. The van der Waals surface area contributed by atoms with Crippen LogP contribution in [0.25, 0.3) is 0 Å². The Kier molecular flexibility index (Phi) is 4.85. The van der Waals surface area contributed by atoms with Crippen molar-refractivity contribution in [2.75, 3.05) is 13.2 Å². The average Bonchev–Trinajstić information content (AvgIpc) is 2.17. The number of carbonyl (C=O) groups is 1. The standard InChI is InChI=1S/C8H17NO3Si/c1-2-11-8(10)9-13-7-5-3-4-6-12-7/h7H,2-6,13H2,1H3,(H,9,10). The van der Waals surface area contributed by atoms with Gasteiger partial charge in [0, 0.05) is 6.61 Å². The fourth-order valence-corrected chi connectivity index (χ4v) is 2.62. The Bertz CT molecular complexity index is 159. The summed E-state index contributed by atoms with van der Waals surface area (Å²) in [6, 6.07) is 0. The molecule has 0 aromatic rings. The van der Waals surface area contributed by atoms with Crippen LogP contribution in [0.4, 0.5) is 4.79 Å². The van der Waals surface area contributed by atoms with E-state index in [0.29, 0.717) is 12.3 Å². The molecule has 76 valence electrons. The number of nitrogens with one attached hydrogen (secondary N) is 1. The summed E-state index contributed by atoms with van der Waals surface area (Å²) in [5, 5.41) is 0. The van der Waals surface area contributed by atoms with Gasteiger partial charge in [0.15, 0.2) is 9.68 Å². The highest BCUT2D eigenvalue weighted by Gasteiger charge is 2.15. The SMILES string of the molecule is CCOC(=O)N[SiH2]C1CCCCO1. The van der Waals surface area contributed by atoms with E-state index in [2.05, 4.69) is 4.98 Å². The summed E-state index contributed by atoms with van der Waals surface area (Å²) >= 11 is 0. The van der Waals surface area contributed by atoms with Crippen LogP contribution < -0.4 is 4.98 Å². The molecule has 0 aromatic heterocycles. The van der Waals surface area contributed by atoms with E-state index < -0.39 is 9.68 Å². The topological polar surface area (TPSA) is 47.6 Å². The van der Waals surface area contributed by atoms with Gasteiger partial charge in [-0.25, -0.2) is 4.79 Å². The van der Waals surface area contributed by atoms with Crippen molar-refractivity contribution < 1.29 is 14.3 Å². The van der Waals surface area contributed by atoms with Crippen LogP contribution in [0.1, 0.15) is 26.2 Å². The zero-order valence-electron chi connectivity index (χ0n) is 8.04. The molecule has 0 radical (unpaired) electrons. The number of amides is 1. The summed E-state index contributed by atoms with van der Waals surface area (Å²) in [6.45, 7) is 3.09. The lowest BCUT2D eigenvalue weighted by Gasteiger charge is -2.21. The molecule has 4 nitrogen and oxygen atoms in total. The molecule has 0 saturated carbocycles. The Labute approximate surface area is 80.9 Å². The third kappa shape index (κ3) is 4.28. The fourth-order valence-electron chi connectivity index (χ4n) is 1.35. The van der Waals surface area contributed by atoms with Crippen LogP contribution in [0.15, 0.2) is 0 Å². The van der Waals surface area contributed by atoms with Gasteiger partial charge in [0.1, 0.15) is 0 Å². The first kappa shape index (κ1) is 10.5. The summed E-state index contributed by atoms with van der Waals surface area (Å²) in [6.07, 6.45) is 3.19. The van der Waals surface area contributed by atoms with E-state index in [-0.39, 0.29) is 6.09 Å². The van der Waals surface area contributed by atoms with Crippen molar-refractivity contribution in [3.8, 4) is 0 Å². The Morgan fingerprint density at radius 3 is 3.15 bits per heavy atom. The normalized spacial score (nSPS) is 23.3. The van der Waals surface area contributed by atoms with Crippen LogP contribution in [0.5, 0.6) is 0 Å². The maximum Gasteiger partial charge on any atom is 0.398 e. The lowest BCUT2D eigenvalue weighted by molar-refractivity contribution is 0.0638. The maximum atomic E-state index is 10.9. The molecule has 1 aliphatic heterocycles. The molecule has 1 saturated heterocycles. The minimum atomic E-state index is -0.649. The number of carbonyl (C=O) groups excluding carboxylic acids is 1. The molecule has 5 heteroatoms. The quantitative estimate of drug-likeness (QED) is 0.673. The van der Waals surface area contributed by atoms with E-state index in [1.165, 1.54) is 6.42 Å². The number of hydrogen-bond acceptors (Lipinski definition) is 3. The van der Waals surface area contributed by atoms with Crippen molar-refractivity contribution >= 4 is 15.8 Å². The molecule has 1 rings (SSSR count). The van der Waals surface area contributed by atoms with Gasteiger partial charge in [-0.2, -0.15) is 0 Å². The van der Waals surface area contributed by atoms with Crippen LogP contribution >= 0.6 is 0 Å². The molecule has 0 spiro atoms. The highest BCUT2D eigenvalue weighted by Crippen LogP contribution is 2.10. The monoisotopic (exact) mass is 203 g/mol. The molecule has 1 unspecified atom stereocenters. The second-order valence-corrected chi connectivity index (χ2v) is 4.76. The van der Waals surface area contributed by atoms with Crippen LogP contribution in [0.2, 0.25) is 0 Å². The highest BCUT2D eigenvalue weighted by atomic mass is 28.2. The van der Waals surface area contributed by atoms with Crippen molar-refractivity contribution in [1.82, 2.24) is 4.98 Å². The lowest BCUT2D eigenvalue weighted by Crippen LogP contribution is -2.39. The average molecular weight is 203 g/mol. The van der Waals surface area contributed by atoms with Gasteiger partial charge in [0.2, 0.25) is 0 Å². The first-order valence-corrected chi connectivity index (χ1v) is 6.37.